The van der Waals surface area contributed by atoms with Crippen LogP contribution in [0.15, 0.2) is 18.3 Å². The van der Waals surface area contributed by atoms with Gasteiger partial charge in [0.25, 0.3) is 0 Å². The fraction of sp³-hybridized carbons (Fsp3) is 0.455. The van der Waals surface area contributed by atoms with E-state index in [1.54, 1.807) is 12.1 Å². The Morgan fingerprint density at radius 3 is 2.67 bits per heavy atom. The van der Waals surface area contributed by atoms with E-state index < -0.39 is 11.6 Å². The number of pyridine rings is 1. The molecule has 0 aromatic carbocycles. The third-order valence-electron chi connectivity index (χ3n) is 3.41. The smallest absolute Gasteiger partial charge is 0.384 e. The molecule has 0 radical (unpaired) electrons. The van der Waals surface area contributed by atoms with E-state index in [4.69, 9.17) is 5.73 Å². The molecule has 0 unspecified atom stereocenters. The van der Waals surface area contributed by atoms with Crippen LogP contribution in [0.2, 0.25) is 0 Å². The number of nitrogen functional groups attached to an aromatic ring is 1. The Kier molecular flexibility index (Phi) is 2.11. The second-order valence-electron chi connectivity index (χ2n) is 4.73. The van der Waals surface area contributed by atoms with Crippen LogP contribution in [0.4, 0.5) is 19.0 Å². The van der Waals surface area contributed by atoms with Crippen molar-refractivity contribution in [2.75, 3.05) is 5.73 Å². The first-order valence-corrected chi connectivity index (χ1v) is 5.56. The fourth-order valence-corrected chi connectivity index (χ4v) is 2.05. The Hall–Kier alpha value is -1.79. The van der Waals surface area contributed by atoms with Crippen LogP contribution in [0.25, 0.3) is 11.0 Å². The number of rotatable bonds is 2. The Labute approximate surface area is 101 Å². The minimum absolute atomic E-state index is 0.153. The van der Waals surface area contributed by atoms with Crippen LogP contribution in [0.5, 0.6) is 0 Å². The predicted octanol–water partition coefficient (Wildman–Crippen LogP) is 2.36. The van der Waals surface area contributed by atoms with Crippen LogP contribution in [0.1, 0.15) is 12.8 Å². The molecule has 18 heavy (non-hydrogen) atoms. The van der Waals surface area contributed by atoms with Crippen LogP contribution in [0.3, 0.4) is 0 Å². The van der Waals surface area contributed by atoms with Gasteiger partial charge in [-0.25, -0.2) is 9.67 Å². The number of alkyl halides is 3. The number of anilines is 1. The zero-order chi connectivity index (χ0) is 13.0. The molecule has 2 aromatic rings. The van der Waals surface area contributed by atoms with Gasteiger partial charge in [-0.05, 0) is 25.0 Å². The summed E-state index contributed by atoms with van der Waals surface area (Å²) in [5.41, 5.74) is 4.32. The predicted molar refractivity (Wildman–Crippen MR) is 59.7 cm³/mol. The van der Waals surface area contributed by atoms with E-state index in [0.29, 0.717) is 11.0 Å². The Morgan fingerprint density at radius 1 is 1.33 bits per heavy atom. The van der Waals surface area contributed by atoms with Gasteiger partial charge in [0.05, 0.1) is 18.2 Å². The molecule has 2 aromatic heterocycles. The number of hydrogen-bond donors (Lipinski definition) is 1. The van der Waals surface area contributed by atoms with Crippen LogP contribution < -0.4 is 5.73 Å². The van der Waals surface area contributed by atoms with Gasteiger partial charge in [-0.3, -0.25) is 0 Å². The number of nitrogens with two attached hydrogens (primary N) is 1. The molecule has 0 saturated heterocycles. The highest BCUT2D eigenvalue weighted by Gasteiger charge is 2.63. The maximum atomic E-state index is 12.9. The molecule has 0 amide bonds. The monoisotopic (exact) mass is 256 g/mol. The van der Waals surface area contributed by atoms with E-state index in [2.05, 4.69) is 10.1 Å². The summed E-state index contributed by atoms with van der Waals surface area (Å²) in [5.74, 6) is 0.279. The van der Waals surface area contributed by atoms with Crippen LogP contribution in [0, 0.1) is 5.41 Å². The molecule has 4 nitrogen and oxygen atoms in total. The van der Waals surface area contributed by atoms with Crippen molar-refractivity contribution in [3.8, 4) is 0 Å². The molecule has 96 valence electrons. The van der Waals surface area contributed by atoms with Crippen molar-refractivity contribution in [2.45, 2.75) is 25.6 Å². The Balaban J connectivity index is 1.99. The molecule has 2 heterocycles. The molecule has 7 heteroatoms. The van der Waals surface area contributed by atoms with Gasteiger partial charge in [0.2, 0.25) is 0 Å². The number of hydrogen-bond acceptors (Lipinski definition) is 3. The van der Waals surface area contributed by atoms with Crippen molar-refractivity contribution in [1.29, 1.82) is 0 Å². The van der Waals surface area contributed by atoms with E-state index in [9.17, 15) is 13.2 Å². The maximum absolute atomic E-state index is 12.9. The minimum Gasteiger partial charge on any atom is -0.384 e. The lowest BCUT2D eigenvalue weighted by molar-refractivity contribution is -0.191. The van der Waals surface area contributed by atoms with Crippen molar-refractivity contribution in [3.05, 3.63) is 18.3 Å². The first kappa shape index (κ1) is 11.3. The highest BCUT2D eigenvalue weighted by molar-refractivity contribution is 5.76. The third-order valence-corrected chi connectivity index (χ3v) is 3.41. The first-order chi connectivity index (χ1) is 8.41. The molecular formula is C11H11F3N4. The second-order valence-corrected chi connectivity index (χ2v) is 4.73. The minimum atomic E-state index is -4.19. The van der Waals surface area contributed by atoms with E-state index in [0.717, 1.165) is 0 Å². The summed E-state index contributed by atoms with van der Waals surface area (Å²) >= 11 is 0. The zero-order valence-electron chi connectivity index (χ0n) is 9.41. The summed E-state index contributed by atoms with van der Waals surface area (Å²) < 4.78 is 39.9. The second kappa shape index (κ2) is 3.37. The molecule has 0 aliphatic heterocycles. The average Bonchev–Trinajstić information content (AvgIpc) is 2.97. The molecule has 0 atom stereocenters. The summed E-state index contributed by atoms with van der Waals surface area (Å²) in [6.07, 6.45) is -2.37. The average molecular weight is 256 g/mol. The highest BCUT2D eigenvalue weighted by Crippen LogP contribution is 2.58. The topological polar surface area (TPSA) is 56.7 Å². The van der Waals surface area contributed by atoms with Crippen LogP contribution >= 0.6 is 0 Å². The lowest BCUT2D eigenvalue weighted by atomic mass is 10.1. The van der Waals surface area contributed by atoms with Gasteiger partial charge < -0.3 is 5.73 Å². The summed E-state index contributed by atoms with van der Waals surface area (Å²) in [4.78, 5) is 4.04. The number of nitrogens with zero attached hydrogens (tertiary/aromatic N) is 3. The number of fused-ring (bicyclic) bond motifs is 1. The van der Waals surface area contributed by atoms with Crippen LogP contribution in [-0.2, 0) is 6.54 Å². The third kappa shape index (κ3) is 1.61. The zero-order valence-corrected chi connectivity index (χ0v) is 9.41. The van der Waals surface area contributed by atoms with Gasteiger partial charge in [-0.2, -0.15) is 18.3 Å². The molecule has 1 aliphatic carbocycles. The lowest BCUT2D eigenvalue weighted by Gasteiger charge is -2.19. The Morgan fingerprint density at radius 2 is 2.06 bits per heavy atom. The van der Waals surface area contributed by atoms with Crippen molar-refractivity contribution in [2.24, 2.45) is 5.41 Å². The lowest BCUT2D eigenvalue weighted by Crippen LogP contribution is -2.29. The van der Waals surface area contributed by atoms with Crippen LogP contribution in [-0.4, -0.2) is 20.9 Å². The van der Waals surface area contributed by atoms with E-state index >= 15 is 0 Å². The van der Waals surface area contributed by atoms with Gasteiger partial charge in [0.15, 0.2) is 5.65 Å². The number of halogens is 3. The largest absolute Gasteiger partial charge is 0.396 e. The van der Waals surface area contributed by atoms with Gasteiger partial charge >= 0.3 is 6.18 Å². The SMILES string of the molecule is Nc1ccc2cnn(CC3(C(F)(F)F)CC3)c2n1. The van der Waals surface area contributed by atoms with Crippen molar-refractivity contribution >= 4 is 16.9 Å². The molecule has 1 aliphatic rings. The van der Waals surface area contributed by atoms with Gasteiger partial charge in [0.1, 0.15) is 5.82 Å². The van der Waals surface area contributed by atoms with Gasteiger partial charge in [0, 0.05) is 5.39 Å². The van der Waals surface area contributed by atoms with Crippen molar-refractivity contribution in [1.82, 2.24) is 14.8 Å². The standard InChI is InChI=1S/C11H11F3N4/c12-11(13,14)10(3-4-10)6-18-9-7(5-16-18)1-2-8(15)17-9/h1-2,5H,3-4,6H2,(H2,15,17). The van der Waals surface area contributed by atoms with Gasteiger partial charge in [-0.15, -0.1) is 0 Å². The first-order valence-electron chi connectivity index (χ1n) is 5.56. The molecule has 0 spiro atoms. The summed E-state index contributed by atoms with van der Waals surface area (Å²) in [6, 6.07) is 3.30. The number of aromatic nitrogens is 3. The maximum Gasteiger partial charge on any atom is 0.396 e. The Bertz CT molecular complexity index is 598. The highest BCUT2D eigenvalue weighted by atomic mass is 19.4. The summed E-state index contributed by atoms with van der Waals surface area (Å²) in [7, 11) is 0. The normalized spacial score (nSPS) is 18.2. The molecule has 0 bridgehead atoms. The summed E-state index contributed by atoms with van der Waals surface area (Å²) in [6.45, 7) is -0.184. The van der Waals surface area contributed by atoms with Crippen molar-refractivity contribution in [3.63, 3.8) is 0 Å². The molecule has 1 fully saturated rings. The quantitative estimate of drug-likeness (QED) is 0.897. The molecule has 2 N–H and O–H groups in total. The van der Waals surface area contributed by atoms with Crippen molar-refractivity contribution < 1.29 is 13.2 Å². The van der Waals surface area contributed by atoms with E-state index in [1.807, 2.05) is 0 Å². The van der Waals surface area contributed by atoms with E-state index in [-0.39, 0.29) is 25.2 Å². The summed E-state index contributed by atoms with van der Waals surface area (Å²) in [5, 5.41) is 4.67. The fourth-order valence-electron chi connectivity index (χ4n) is 2.05. The molecule has 1 saturated carbocycles. The molecule has 3 rings (SSSR count). The molecular weight excluding hydrogens is 245 g/mol. The van der Waals surface area contributed by atoms with Gasteiger partial charge in [-0.1, -0.05) is 0 Å². The van der Waals surface area contributed by atoms with E-state index in [1.165, 1.54) is 10.9 Å².